The lowest BCUT2D eigenvalue weighted by Crippen LogP contribution is -2.39. The van der Waals surface area contributed by atoms with Gasteiger partial charge in [0.15, 0.2) is 27.4 Å². The largest absolute Gasteiger partial charge is 0.490 e. The summed E-state index contributed by atoms with van der Waals surface area (Å²) >= 11 is 0. The molecule has 0 radical (unpaired) electrons. The minimum atomic E-state index is -3.40. The highest BCUT2D eigenvalue weighted by Crippen LogP contribution is 2.30. The van der Waals surface area contributed by atoms with Gasteiger partial charge in [0, 0.05) is 6.54 Å². The number of guanidine groups is 1. The number of halogens is 1. The Morgan fingerprint density at radius 1 is 1.23 bits per heavy atom. The summed E-state index contributed by atoms with van der Waals surface area (Å²) in [5.41, 5.74) is 0.749. The second-order valence-electron chi connectivity index (χ2n) is 7.70. The summed E-state index contributed by atoms with van der Waals surface area (Å²) in [6.07, 6.45) is 2.31. The zero-order valence-electron chi connectivity index (χ0n) is 18.0. The molecule has 3 rings (SSSR count). The fraction of sp³-hybridized carbons (Fsp3) is 0.435. The van der Waals surface area contributed by atoms with Gasteiger partial charge in [0.1, 0.15) is 0 Å². The van der Waals surface area contributed by atoms with Crippen LogP contribution in [0.3, 0.4) is 0 Å². The number of ether oxygens (including phenoxy) is 1. The van der Waals surface area contributed by atoms with Gasteiger partial charge >= 0.3 is 0 Å². The third-order valence-corrected chi connectivity index (χ3v) is 6.77. The first kappa shape index (κ1) is 23.1. The molecule has 31 heavy (non-hydrogen) atoms. The van der Waals surface area contributed by atoms with Crippen molar-refractivity contribution in [2.45, 2.75) is 37.6 Å². The molecule has 0 saturated heterocycles. The lowest BCUT2D eigenvalue weighted by molar-refractivity contribution is 0.285. The summed E-state index contributed by atoms with van der Waals surface area (Å²) in [6, 6.07) is 13.1. The molecule has 1 atom stereocenters. The number of hydrogen-bond donors (Lipinski definition) is 2. The van der Waals surface area contributed by atoms with Crippen molar-refractivity contribution in [1.29, 1.82) is 0 Å². The maximum Gasteiger partial charge on any atom is 0.191 e. The molecule has 2 aromatic carbocycles. The first-order chi connectivity index (χ1) is 14.9. The average molecular weight is 448 g/mol. The van der Waals surface area contributed by atoms with Gasteiger partial charge in [-0.25, -0.2) is 12.8 Å². The molecule has 0 aliphatic heterocycles. The van der Waals surface area contributed by atoms with Crippen molar-refractivity contribution in [3.63, 3.8) is 0 Å². The molecule has 0 bridgehead atoms. The van der Waals surface area contributed by atoms with E-state index in [1.54, 1.807) is 36.4 Å². The number of aliphatic imine (C=N–C) groups is 1. The Bertz CT molecular complexity index is 992. The van der Waals surface area contributed by atoms with E-state index in [1.165, 1.54) is 6.07 Å². The van der Waals surface area contributed by atoms with Crippen LogP contribution in [-0.4, -0.2) is 39.8 Å². The van der Waals surface area contributed by atoms with Gasteiger partial charge in [-0.2, -0.15) is 0 Å². The predicted octanol–water partition coefficient (Wildman–Crippen LogP) is 3.70. The SMILES string of the molecule is CCNC(=NCCS(=O)(=O)c1ccccc1)NC(C)c1ccc(OCC2CC2)c(F)c1. The Morgan fingerprint density at radius 2 is 1.97 bits per heavy atom. The van der Waals surface area contributed by atoms with E-state index < -0.39 is 9.84 Å². The molecule has 1 aliphatic rings. The van der Waals surface area contributed by atoms with E-state index in [9.17, 15) is 12.8 Å². The number of nitrogens with zero attached hydrogens (tertiary/aromatic N) is 1. The monoisotopic (exact) mass is 447 g/mol. The van der Waals surface area contributed by atoms with Crippen LogP contribution < -0.4 is 15.4 Å². The van der Waals surface area contributed by atoms with Gasteiger partial charge in [0.05, 0.1) is 29.8 Å². The molecular weight excluding hydrogens is 417 g/mol. The van der Waals surface area contributed by atoms with Crippen molar-refractivity contribution in [1.82, 2.24) is 10.6 Å². The van der Waals surface area contributed by atoms with Gasteiger partial charge in [-0.05, 0) is 62.4 Å². The fourth-order valence-corrected chi connectivity index (χ4v) is 4.17. The van der Waals surface area contributed by atoms with E-state index in [0.29, 0.717) is 25.0 Å². The zero-order valence-corrected chi connectivity index (χ0v) is 18.8. The molecule has 168 valence electrons. The van der Waals surface area contributed by atoms with Gasteiger partial charge in [-0.15, -0.1) is 0 Å². The molecule has 1 fully saturated rings. The standard InChI is InChI=1S/C23H30FN3O3S/c1-3-25-23(26-13-14-31(28,29)20-7-5-4-6-8-20)27-17(2)19-11-12-22(21(24)15-19)30-16-18-9-10-18/h4-8,11-12,15,17-18H,3,9-10,13-14,16H2,1-2H3,(H2,25,26,27). The minimum Gasteiger partial charge on any atom is -0.490 e. The van der Waals surface area contributed by atoms with E-state index in [4.69, 9.17) is 4.74 Å². The summed E-state index contributed by atoms with van der Waals surface area (Å²) in [5.74, 6) is 0.832. The Balaban J connectivity index is 1.60. The summed E-state index contributed by atoms with van der Waals surface area (Å²) in [6.45, 7) is 5.11. The minimum absolute atomic E-state index is 0.0936. The fourth-order valence-electron chi connectivity index (χ4n) is 3.03. The van der Waals surface area contributed by atoms with Crippen molar-refractivity contribution in [3.8, 4) is 5.75 Å². The summed E-state index contributed by atoms with van der Waals surface area (Å²) < 4.78 is 44.8. The van der Waals surface area contributed by atoms with Crippen molar-refractivity contribution < 1.29 is 17.5 Å². The maximum atomic E-state index is 14.4. The van der Waals surface area contributed by atoms with Crippen LogP contribution in [0.2, 0.25) is 0 Å². The van der Waals surface area contributed by atoms with Gasteiger partial charge in [0.25, 0.3) is 0 Å². The third kappa shape index (κ3) is 6.95. The highest BCUT2D eigenvalue weighted by Gasteiger charge is 2.22. The van der Waals surface area contributed by atoms with Crippen LogP contribution in [0.15, 0.2) is 58.4 Å². The quantitative estimate of drug-likeness (QED) is 0.429. The Labute approximate surface area is 183 Å². The molecule has 6 nitrogen and oxygen atoms in total. The number of rotatable bonds is 10. The molecule has 8 heteroatoms. The number of hydrogen-bond acceptors (Lipinski definition) is 4. The van der Waals surface area contributed by atoms with E-state index in [1.807, 2.05) is 19.9 Å². The zero-order chi connectivity index (χ0) is 22.3. The predicted molar refractivity (Wildman–Crippen MR) is 121 cm³/mol. The molecule has 0 heterocycles. The number of sulfone groups is 1. The summed E-state index contributed by atoms with van der Waals surface area (Å²) in [5, 5.41) is 6.30. The molecule has 2 aromatic rings. The van der Waals surface area contributed by atoms with E-state index in [2.05, 4.69) is 15.6 Å². The molecule has 0 aromatic heterocycles. The van der Waals surface area contributed by atoms with Crippen molar-refractivity contribution in [2.75, 3.05) is 25.4 Å². The topological polar surface area (TPSA) is 79.8 Å². The summed E-state index contributed by atoms with van der Waals surface area (Å²) in [4.78, 5) is 4.67. The molecule has 1 aliphatic carbocycles. The van der Waals surface area contributed by atoms with Crippen LogP contribution in [0.1, 0.15) is 38.3 Å². The second-order valence-corrected chi connectivity index (χ2v) is 9.81. The number of nitrogens with one attached hydrogen (secondary N) is 2. The van der Waals surface area contributed by atoms with Crippen molar-refractivity contribution in [3.05, 3.63) is 59.9 Å². The lowest BCUT2D eigenvalue weighted by atomic mass is 10.1. The van der Waals surface area contributed by atoms with Crippen LogP contribution >= 0.6 is 0 Å². The first-order valence-corrected chi connectivity index (χ1v) is 12.3. The van der Waals surface area contributed by atoms with Gasteiger partial charge in [-0.1, -0.05) is 24.3 Å². The van der Waals surface area contributed by atoms with Gasteiger partial charge < -0.3 is 15.4 Å². The van der Waals surface area contributed by atoms with Gasteiger partial charge in [-0.3, -0.25) is 4.99 Å². The van der Waals surface area contributed by atoms with Crippen molar-refractivity contribution >= 4 is 15.8 Å². The van der Waals surface area contributed by atoms with Crippen LogP contribution in [0.5, 0.6) is 5.75 Å². The Hall–Kier alpha value is -2.61. The van der Waals surface area contributed by atoms with Crippen LogP contribution in [-0.2, 0) is 9.84 Å². The van der Waals surface area contributed by atoms with Crippen LogP contribution in [0, 0.1) is 11.7 Å². The highest BCUT2D eigenvalue weighted by molar-refractivity contribution is 7.91. The van der Waals surface area contributed by atoms with Gasteiger partial charge in [0.2, 0.25) is 0 Å². The summed E-state index contributed by atoms with van der Waals surface area (Å²) in [7, 11) is -3.40. The van der Waals surface area contributed by atoms with Crippen LogP contribution in [0.4, 0.5) is 4.39 Å². The average Bonchev–Trinajstić information content (AvgIpc) is 3.58. The second kappa shape index (κ2) is 10.6. The highest BCUT2D eigenvalue weighted by atomic mass is 32.2. The van der Waals surface area contributed by atoms with Crippen molar-refractivity contribution in [2.24, 2.45) is 10.9 Å². The Morgan fingerprint density at radius 3 is 2.61 bits per heavy atom. The number of benzene rings is 2. The maximum absolute atomic E-state index is 14.4. The molecule has 0 amide bonds. The molecule has 1 unspecified atom stereocenters. The van der Waals surface area contributed by atoms with E-state index >= 15 is 0 Å². The molecule has 1 saturated carbocycles. The first-order valence-electron chi connectivity index (χ1n) is 10.6. The van der Waals surface area contributed by atoms with E-state index in [-0.39, 0.29) is 34.8 Å². The lowest BCUT2D eigenvalue weighted by Gasteiger charge is -2.19. The molecule has 2 N–H and O–H groups in total. The Kier molecular flexibility index (Phi) is 7.90. The van der Waals surface area contributed by atoms with E-state index in [0.717, 1.165) is 18.4 Å². The smallest absolute Gasteiger partial charge is 0.191 e. The third-order valence-electron chi connectivity index (χ3n) is 5.06. The van der Waals surface area contributed by atoms with Crippen LogP contribution in [0.25, 0.3) is 0 Å². The molecular formula is C23H30FN3O3S. The normalized spacial score (nSPS) is 15.4. The molecule has 0 spiro atoms.